The highest BCUT2D eigenvalue weighted by atomic mass is 16.5. The van der Waals surface area contributed by atoms with E-state index in [0.29, 0.717) is 17.9 Å². The molecule has 0 aliphatic carbocycles. The first kappa shape index (κ1) is 17.7. The lowest BCUT2D eigenvalue weighted by atomic mass is 10.0. The molecule has 0 spiro atoms. The molecule has 1 heterocycles. The molecule has 128 valence electrons. The summed E-state index contributed by atoms with van der Waals surface area (Å²) in [6.45, 7) is 3.96. The van der Waals surface area contributed by atoms with Crippen LogP contribution in [0.4, 0.5) is 0 Å². The van der Waals surface area contributed by atoms with E-state index in [1.165, 1.54) is 7.11 Å². The summed E-state index contributed by atoms with van der Waals surface area (Å²) in [5.74, 6) is 0.123. The summed E-state index contributed by atoms with van der Waals surface area (Å²) < 4.78 is 10.0. The average molecular weight is 330 g/mol. The minimum atomic E-state index is -0.650. The molecule has 2 aromatic rings. The van der Waals surface area contributed by atoms with Gasteiger partial charge in [-0.05, 0) is 12.3 Å². The van der Waals surface area contributed by atoms with Gasteiger partial charge < -0.3 is 14.6 Å². The predicted octanol–water partition coefficient (Wildman–Crippen LogP) is 2.59. The van der Waals surface area contributed by atoms with Crippen molar-refractivity contribution in [3.8, 4) is 11.3 Å². The zero-order valence-corrected chi connectivity index (χ0v) is 14.1. The summed E-state index contributed by atoms with van der Waals surface area (Å²) in [4.78, 5) is 23.9. The van der Waals surface area contributed by atoms with E-state index in [0.717, 1.165) is 5.56 Å². The molecule has 6 heteroatoms. The van der Waals surface area contributed by atoms with Crippen molar-refractivity contribution in [2.24, 2.45) is 5.92 Å². The van der Waals surface area contributed by atoms with E-state index >= 15 is 0 Å². The Morgan fingerprint density at radius 1 is 1.25 bits per heavy atom. The van der Waals surface area contributed by atoms with Gasteiger partial charge in [-0.25, -0.2) is 4.79 Å². The second kappa shape index (κ2) is 8.29. The maximum Gasteiger partial charge on any atom is 0.328 e. The van der Waals surface area contributed by atoms with Gasteiger partial charge in [0.1, 0.15) is 6.04 Å². The Labute approximate surface area is 141 Å². The Balaban J connectivity index is 1.99. The number of ether oxygens (including phenoxy) is 1. The average Bonchev–Trinajstić information content (AvgIpc) is 3.02. The summed E-state index contributed by atoms with van der Waals surface area (Å²) in [5.41, 5.74) is 1.41. The largest absolute Gasteiger partial charge is 0.467 e. The summed E-state index contributed by atoms with van der Waals surface area (Å²) >= 11 is 0. The number of hydrogen-bond acceptors (Lipinski definition) is 5. The minimum Gasteiger partial charge on any atom is -0.467 e. The van der Waals surface area contributed by atoms with Crippen molar-refractivity contribution >= 4 is 11.9 Å². The topological polar surface area (TPSA) is 81.4 Å². The monoisotopic (exact) mass is 330 g/mol. The standard InChI is InChI=1S/C18H22N2O4/c1-12(2)9-15(18(22)23-3)19-17(21)11-14-10-16(24-20-14)13-7-5-4-6-8-13/h4-8,10,12,15H,9,11H2,1-3H3,(H,19,21). The molecule has 0 bridgehead atoms. The Kier molecular flexibility index (Phi) is 6.12. The molecule has 1 unspecified atom stereocenters. The highest BCUT2D eigenvalue weighted by molar-refractivity contribution is 5.85. The quantitative estimate of drug-likeness (QED) is 0.789. The Hall–Kier alpha value is -2.63. The SMILES string of the molecule is COC(=O)C(CC(C)C)NC(=O)Cc1cc(-c2ccccc2)on1. The zero-order valence-electron chi connectivity index (χ0n) is 14.1. The summed E-state index contributed by atoms with van der Waals surface area (Å²) in [6, 6.07) is 10.6. The van der Waals surface area contributed by atoms with Gasteiger partial charge in [-0.15, -0.1) is 0 Å². The van der Waals surface area contributed by atoms with E-state index in [2.05, 4.69) is 10.5 Å². The van der Waals surface area contributed by atoms with Crippen molar-refractivity contribution in [2.45, 2.75) is 32.7 Å². The van der Waals surface area contributed by atoms with Gasteiger partial charge in [-0.2, -0.15) is 0 Å². The number of amides is 1. The molecular formula is C18H22N2O4. The van der Waals surface area contributed by atoms with Gasteiger partial charge in [0.15, 0.2) is 5.76 Å². The highest BCUT2D eigenvalue weighted by Gasteiger charge is 2.23. The molecule has 0 radical (unpaired) electrons. The van der Waals surface area contributed by atoms with Gasteiger partial charge in [0.2, 0.25) is 5.91 Å². The molecule has 1 N–H and O–H groups in total. The van der Waals surface area contributed by atoms with Gasteiger partial charge in [0.05, 0.1) is 19.2 Å². The van der Waals surface area contributed by atoms with Crippen molar-refractivity contribution in [1.29, 1.82) is 0 Å². The Morgan fingerprint density at radius 2 is 1.96 bits per heavy atom. The van der Waals surface area contributed by atoms with Gasteiger partial charge in [0, 0.05) is 11.6 Å². The van der Waals surface area contributed by atoms with E-state index in [1.54, 1.807) is 6.07 Å². The van der Waals surface area contributed by atoms with E-state index in [9.17, 15) is 9.59 Å². The van der Waals surface area contributed by atoms with Crippen LogP contribution in [-0.2, 0) is 20.7 Å². The smallest absolute Gasteiger partial charge is 0.328 e. The fourth-order valence-electron chi connectivity index (χ4n) is 2.37. The van der Waals surface area contributed by atoms with Crippen LogP contribution in [0.2, 0.25) is 0 Å². The molecule has 6 nitrogen and oxygen atoms in total. The van der Waals surface area contributed by atoms with Gasteiger partial charge in [-0.3, -0.25) is 4.79 Å². The lowest BCUT2D eigenvalue weighted by Crippen LogP contribution is -2.43. The molecule has 0 fully saturated rings. The zero-order chi connectivity index (χ0) is 17.5. The molecule has 0 aliphatic heterocycles. The lowest BCUT2D eigenvalue weighted by molar-refractivity contribution is -0.145. The molecule has 0 saturated heterocycles. The van der Waals surface area contributed by atoms with Gasteiger partial charge in [-0.1, -0.05) is 49.3 Å². The van der Waals surface area contributed by atoms with Crippen molar-refractivity contribution in [3.63, 3.8) is 0 Å². The molecular weight excluding hydrogens is 308 g/mol. The molecule has 1 aromatic carbocycles. The van der Waals surface area contributed by atoms with Crippen LogP contribution in [-0.4, -0.2) is 30.2 Å². The fourth-order valence-corrected chi connectivity index (χ4v) is 2.37. The highest BCUT2D eigenvalue weighted by Crippen LogP contribution is 2.19. The van der Waals surface area contributed by atoms with E-state index in [-0.39, 0.29) is 18.2 Å². The molecule has 2 rings (SSSR count). The van der Waals surface area contributed by atoms with Crippen LogP contribution in [0.25, 0.3) is 11.3 Å². The van der Waals surface area contributed by atoms with Gasteiger partial charge in [0.25, 0.3) is 0 Å². The van der Waals surface area contributed by atoms with Gasteiger partial charge >= 0.3 is 5.97 Å². The third kappa shape index (κ3) is 4.94. The molecule has 1 aromatic heterocycles. The summed E-state index contributed by atoms with van der Waals surface area (Å²) in [7, 11) is 1.31. The Bertz CT molecular complexity index is 679. The van der Waals surface area contributed by atoms with Crippen molar-refractivity contribution in [3.05, 3.63) is 42.1 Å². The maximum atomic E-state index is 12.2. The molecule has 24 heavy (non-hydrogen) atoms. The van der Waals surface area contributed by atoms with Crippen LogP contribution in [0.15, 0.2) is 40.9 Å². The first-order chi connectivity index (χ1) is 11.5. The lowest BCUT2D eigenvalue weighted by Gasteiger charge is -2.17. The molecule has 1 amide bonds. The van der Waals surface area contributed by atoms with Crippen molar-refractivity contribution in [2.75, 3.05) is 7.11 Å². The number of methoxy groups -OCH3 is 1. The van der Waals surface area contributed by atoms with Crippen molar-refractivity contribution < 1.29 is 18.8 Å². The number of carbonyl (C=O) groups excluding carboxylic acids is 2. The number of nitrogens with one attached hydrogen (secondary N) is 1. The maximum absolute atomic E-state index is 12.2. The minimum absolute atomic E-state index is 0.0436. The van der Waals surface area contributed by atoms with Crippen LogP contribution in [0.5, 0.6) is 0 Å². The van der Waals surface area contributed by atoms with Crippen LogP contribution >= 0.6 is 0 Å². The number of nitrogens with zero attached hydrogens (tertiary/aromatic N) is 1. The van der Waals surface area contributed by atoms with Crippen LogP contribution in [0, 0.1) is 5.92 Å². The number of rotatable bonds is 7. The first-order valence-corrected chi connectivity index (χ1v) is 7.87. The third-order valence-corrected chi connectivity index (χ3v) is 3.49. The number of benzene rings is 1. The normalized spacial score (nSPS) is 12.0. The van der Waals surface area contributed by atoms with Crippen LogP contribution in [0.3, 0.4) is 0 Å². The van der Waals surface area contributed by atoms with E-state index in [4.69, 9.17) is 9.26 Å². The predicted molar refractivity (Wildman–Crippen MR) is 89.0 cm³/mol. The Morgan fingerprint density at radius 3 is 2.58 bits per heavy atom. The second-order valence-electron chi connectivity index (χ2n) is 6.00. The number of esters is 1. The molecule has 0 aliphatic rings. The summed E-state index contributed by atoms with van der Waals surface area (Å²) in [6.07, 6.45) is 0.564. The first-order valence-electron chi connectivity index (χ1n) is 7.87. The number of carbonyl (C=O) groups is 2. The van der Waals surface area contributed by atoms with Crippen LogP contribution < -0.4 is 5.32 Å². The number of hydrogen-bond donors (Lipinski definition) is 1. The summed E-state index contributed by atoms with van der Waals surface area (Å²) in [5, 5.41) is 6.62. The third-order valence-electron chi connectivity index (χ3n) is 3.49. The second-order valence-corrected chi connectivity index (χ2v) is 6.00. The van der Waals surface area contributed by atoms with E-state index in [1.807, 2.05) is 44.2 Å². The molecule has 1 atom stereocenters. The fraction of sp³-hybridized carbons (Fsp3) is 0.389. The van der Waals surface area contributed by atoms with Crippen molar-refractivity contribution in [1.82, 2.24) is 10.5 Å². The number of aromatic nitrogens is 1. The molecule has 0 saturated carbocycles. The van der Waals surface area contributed by atoms with E-state index < -0.39 is 12.0 Å². The van der Waals surface area contributed by atoms with Crippen LogP contribution in [0.1, 0.15) is 26.0 Å².